The Balaban J connectivity index is 2.25. The van der Waals surface area contributed by atoms with Crippen LogP contribution in [-0.4, -0.2) is 55.1 Å². The standard InChI is InChI=1S/C30H41F6NO7S/c1-15(2)19-10-9-16(3)13-22(19)42-26(38)25(43-28(6,7)8)23-17(4)20-11-12-37(27(39)29(31,32)33)14-21(20)18(5)24(23)44-45(40,41)30(34,35)36/h15-16,19,22,25H,9-14H2,1-8H3/t16-,19+,22+,25?/m1/s1. The van der Waals surface area contributed by atoms with E-state index in [-0.39, 0.29) is 53.0 Å². The van der Waals surface area contributed by atoms with E-state index in [0.717, 1.165) is 12.8 Å². The Hall–Kier alpha value is -2.55. The van der Waals surface area contributed by atoms with Gasteiger partial charge in [0.05, 0.1) is 5.60 Å². The summed E-state index contributed by atoms with van der Waals surface area (Å²) >= 11 is 0. The highest BCUT2D eigenvalue weighted by Gasteiger charge is 2.51. The largest absolute Gasteiger partial charge is 0.534 e. The van der Waals surface area contributed by atoms with Gasteiger partial charge in [0.15, 0.2) is 11.9 Å². The Morgan fingerprint density at radius 3 is 2.07 bits per heavy atom. The quantitative estimate of drug-likeness (QED) is 0.135. The highest BCUT2D eigenvalue weighted by Crippen LogP contribution is 2.45. The number of ether oxygens (including phenoxy) is 2. The van der Waals surface area contributed by atoms with E-state index in [0.29, 0.717) is 16.9 Å². The SMILES string of the molecule is Cc1c2c(c(C)c(C(OC(C)(C)C)C(=O)O[C@H]3C[C@H](C)CC[C@H]3C(C)C)c1OS(=O)(=O)C(F)(F)F)CCN(C(=O)C(F)(F)F)C2. The van der Waals surface area contributed by atoms with Crippen LogP contribution in [0.2, 0.25) is 0 Å². The molecule has 1 aromatic carbocycles. The molecule has 3 rings (SSSR count). The van der Waals surface area contributed by atoms with E-state index in [1.54, 1.807) is 20.8 Å². The van der Waals surface area contributed by atoms with Gasteiger partial charge in [0, 0.05) is 18.7 Å². The van der Waals surface area contributed by atoms with Gasteiger partial charge in [-0.05, 0) is 93.9 Å². The van der Waals surface area contributed by atoms with Gasteiger partial charge in [0.2, 0.25) is 0 Å². The van der Waals surface area contributed by atoms with Crippen LogP contribution in [0.4, 0.5) is 26.3 Å². The molecule has 1 aliphatic carbocycles. The number of benzene rings is 1. The fourth-order valence-electron chi connectivity index (χ4n) is 6.17. The Morgan fingerprint density at radius 1 is 0.956 bits per heavy atom. The molecule has 2 aliphatic rings. The van der Waals surface area contributed by atoms with E-state index in [4.69, 9.17) is 9.47 Å². The molecule has 0 bridgehead atoms. The van der Waals surface area contributed by atoms with Crippen molar-refractivity contribution in [3.8, 4) is 5.75 Å². The minimum atomic E-state index is -6.32. The van der Waals surface area contributed by atoms with Crippen molar-refractivity contribution in [3.63, 3.8) is 0 Å². The van der Waals surface area contributed by atoms with Crippen molar-refractivity contribution in [1.29, 1.82) is 0 Å². The molecule has 1 fully saturated rings. The number of hydrogen-bond donors (Lipinski definition) is 0. The molecule has 15 heteroatoms. The second kappa shape index (κ2) is 12.9. The first-order chi connectivity index (χ1) is 20.4. The summed E-state index contributed by atoms with van der Waals surface area (Å²) < 4.78 is 122. The van der Waals surface area contributed by atoms with Gasteiger partial charge >= 0.3 is 33.7 Å². The molecule has 0 aromatic heterocycles. The van der Waals surface area contributed by atoms with Crippen molar-refractivity contribution >= 4 is 22.0 Å². The summed E-state index contributed by atoms with van der Waals surface area (Å²) in [5.74, 6) is -3.66. The molecule has 1 amide bonds. The zero-order valence-corrected chi connectivity index (χ0v) is 27.4. The van der Waals surface area contributed by atoms with E-state index in [1.165, 1.54) is 13.8 Å². The predicted octanol–water partition coefficient (Wildman–Crippen LogP) is 6.84. The minimum absolute atomic E-state index is 0.00900. The molecule has 4 atom stereocenters. The lowest BCUT2D eigenvalue weighted by Gasteiger charge is -2.38. The van der Waals surface area contributed by atoms with Gasteiger partial charge in [-0.3, -0.25) is 4.79 Å². The number of nitrogens with zero attached hydrogens (tertiary/aromatic N) is 1. The number of carbonyl (C=O) groups is 2. The molecule has 1 aliphatic heterocycles. The Labute approximate surface area is 259 Å². The summed E-state index contributed by atoms with van der Waals surface area (Å²) in [4.78, 5) is 26.5. The van der Waals surface area contributed by atoms with Crippen molar-refractivity contribution in [3.05, 3.63) is 27.8 Å². The van der Waals surface area contributed by atoms with Crippen molar-refractivity contribution in [2.45, 2.75) is 117 Å². The second-order valence-corrected chi connectivity index (χ2v) is 14.9. The van der Waals surface area contributed by atoms with Gasteiger partial charge in [0.1, 0.15) is 6.10 Å². The monoisotopic (exact) mass is 673 g/mol. The van der Waals surface area contributed by atoms with Crippen molar-refractivity contribution < 1.29 is 58.0 Å². The maximum atomic E-state index is 14.0. The molecule has 1 heterocycles. The average Bonchev–Trinajstić information content (AvgIpc) is 2.88. The van der Waals surface area contributed by atoms with Crippen LogP contribution in [-0.2, 0) is 42.1 Å². The molecule has 1 aromatic rings. The number of alkyl halides is 6. The number of esters is 1. The third kappa shape index (κ3) is 8.25. The molecule has 0 radical (unpaired) electrons. The Morgan fingerprint density at radius 2 is 1.56 bits per heavy atom. The fourth-order valence-corrected chi connectivity index (χ4v) is 6.69. The fraction of sp³-hybridized carbons (Fsp3) is 0.733. The molecule has 8 nitrogen and oxygen atoms in total. The van der Waals surface area contributed by atoms with Crippen molar-refractivity contribution in [2.75, 3.05) is 6.54 Å². The van der Waals surface area contributed by atoms with Gasteiger partial charge in [-0.1, -0.05) is 27.2 Å². The normalized spacial score (nSPS) is 22.2. The summed E-state index contributed by atoms with van der Waals surface area (Å²) in [7, 11) is -6.32. The maximum absolute atomic E-state index is 14.0. The lowest BCUT2D eigenvalue weighted by Crippen LogP contribution is -2.44. The van der Waals surface area contributed by atoms with Crippen LogP contribution >= 0.6 is 0 Å². The number of amides is 1. The van der Waals surface area contributed by atoms with E-state index in [9.17, 15) is 44.3 Å². The van der Waals surface area contributed by atoms with Crippen molar-refractivity contribution in [1.82, 2.24) is 4.90 Å². The summed E-state index contributed by atoms with van der Waals surface area (Å²) in [6.07, 6.45) is -5.43. The van der Waals surface area contributed by atoms with E-state index in [2.05, 4.69) is 4.18 Å². The highest BCUT2D eigenvalue weighted by molar-refractivity contribution is 7.88. The smallest absolute Gasteiger partial charge is 0.460 e. The van der Waals surface area contributed by atoms with E-state index < -0.39 is 63.8 Å². The Kier molecular flexibility index (Phi) is 10.6. The molecule has 0 saturated heterocycles. The lowest BCUT2D eigenvalue weighted by atomic mass is 9.75. The van der Waals surface area contributed by atoms with Gasteiger partial charge < -0.3 is 18.6 Å². The average molecular weight is 674 g/mol. The maximum Gasteiger partial charge on any atom is 0.534 e. The molecule has 256 valence electrons. The van der Waals surface area contributed by atoms with Crippen LogP contribution in [0, 0.1) is 31.6 Å². The van der Waals surface area contributed by atoms with Gasteiger partial charge in [-0.2, -0.15) is 34.8 Å². The van der Waals surface area contributed by atoms with Crippen molar-refractivity contribution in [2.24, 2.45) is 17.8 Å². The van der Waals surface area contributed by atoms with Gasteiger partial charge in [0.25, 0.3) is 0 Å². The molecular formula is C30H41F6NO7S. The van der Waals surface area contributed by atoms with Crippen LogP contribution in [0.5, 0.6) is 5.75 Å². The van der Waals surface area contributed by atoms with Gasteiger partial charge in [-0.15, -0.1) is 0 Å². The van der Waals surface area contributed by atoms with Crippen LogP contribution < -0.4 is 4.18 Å². The van der Waals surface area contributed by atoms with Crippen LogP contribution in [0.15, 0.2) is 0 Å². The first kappa shape index (κ1) is 36.9. The third-order valence-corrected chi connectivity index (χ3v) is 9.38. The Bertz CT molecular complexity index is 1400. The highest BCUT2D eigenvalue weighted by atomic mass is 32.2. The first-order valence-corrected chi connectivity index (χ1v) is 16.2. The number of fused-ring (bicyclic) bond motifs is 1. The second-order valence-electron chi connectivity index (χ2n) is 13.3. The zero-order chi connectivity index (χ0) is 34.4. The van der Waals surface area contributed by atoms with Gasteiger partial charge in [-0.25, -0.2) is 4.79 Å². The summed E-state index contributed by atoms with van der Waals surface area (Å²) in [5.41, 5.74) is -7.18. The van der Waals surface area contributed by atoms with Crippen LogP contribution in [0.1, 0.15) is 94.7 Å². The number of hydrogen-bond acceptors (Lipinski definition) is 7. The molecule has 45 heavy (non-hydrogen) atoms. The molecule has 0 N–H and O–H groups in total. The van der Waals surface area contributed by atoms with E-state index in [1.807, 2.05) is 20.8 Å². The molecule has 1 saturated carbocycles. The lowest BCUT2D eigenvalue weighted by molar-refractivity contribution is -0.186. The topological polar surface area (TPSA) is 99.2 Å². The molecule has 1 unspecified atom stereocenters. The zero-order valence-electron chi connectivity index (χ0n) is 26.6. The first-order valence-electron chi connectivity index (χ1n) is 14.8. The number of rotatable bonds is 7. The number of carbonyl (C=O) groups excluding carboxylic acids is 2. The molecule has 0 spiro atoms. The van der Waals surface area contributed by atoms with E-state index >= 15 is 0 Å². The summed E-state index contributed by atoms with van der Waals surface area (Å²) in [6, 6.07) is 0. The van der Waals surface area contributed by atoms with Crippen LogP contribution in [0.25, 0.3) is 0 Å². The predicted molar refractivity (Wildman–Crippen MR) is 151 cm³/mol. The molecular weight excluding hydrogens is 632 g/mol. The third-order valence-electron chi connectivity index (χ3n) is 8.42. The summed E-state index contributed by atoms with van der Waals surface area (Å²) in [6.45, 7) is 12.3. The van der Waals surface area contributed by atoms with Crippen LogP contribution in [0.3, 0.4) is 0 Å². The minimum Gasteiger partial charge on any atom is -0.460 e. The summed E-state index contributed by atoms with van der Waals surface area (Å²) in [5, 5.41) is 0. The number of halogens is 6.